The third kappa shape index (κ3) is 3.72. The maximum atomic E-state index is 12.5. The van der Waals surface area contributed by atoms with E-state index in [0.29, 0.717) is 34.2 Å². The summed E-state index contributed by atoms with van der Waals surface area (Å²) in [4.78, 5) is 23.5. The van der Waals surface area contributed by atoms with E-state index < -0.39 is 5.97 Å². The van der Waals surface area contributed by atoms with Crippen LogP contribution in [0.15, 0.2) is 0 Å². The highest BCUT2D eigenvalue weighted by Crippen LogP contribution is 2.78. The van der Waals surface area contributed by atoms with Crippen molar-refractivity contribution in [1.82, 2.24) is 0 Å². The van der Waals surface area contributed by atoms with Gasteiger partial charge in [-0.05, 0) is 115 Å². The topological polar surface area (TPSA) is 72.8 Å². The summed E-state index contributed by atoms with van der Waals surface area (Å²) in [6.45, 7) is 18.6. The maximum Gasteiger partial charge on any atom is 0.306 e. The fraction of sp³-hybridized carbons (Fsp3) is 0.941. The van der Waals surface area contributed by atoms with Crippen molar-refractivity contribution in [2.45, 2.75) is 138 Å². The summed E-state index contributed by atoms with van der Waals surface area (Å²) in [5.74, 6) is 1.40. The van der Waals surface area contributed by atoms with Gasteiger partial charge in [-0.3, -0.25) is 9.59 Å². The average Bonchev–Trinajstić information content (AvgIpc) is 3.19. The molecule has 0 aromatic heterocycles. The molecular formula is C34H54O5. The van der Waals surface area contributed by atoms with Crippen LogP contribution in [0.2, 0.25) is 0 Å². The molecule has 6 rings (SSSR count). The molecule has 6 aliphatic rings. The van der Waals surface area contributed by atoms with Crippen molar-refractivity contribution in [2.24, 2.45) is 56.2 Å². The molecule has 0 amide bonds. The Kier molecular flexibility index (Phi) is 6.26. The van der Waals surface area contributed by atoms with Gasteiger partial charge in [0.05, 0.1) is 25.6 Å². The van der Waals surface area contributed by atoms with E-state index >= 15 is 0 Å². The van der Waals surface area contributed by atoms with Gasteiger partial charge >= 0.3 is 11.9 Å². The molecular weight excluding hydrogens is 488 g/mol. The van der Waals surface area contributed by atoms with Gasteiger partial charge in [-0.2, -0.15) is 0 Å². The summed E-state index contributed by atoms with van der Waals surface area (Å²) in [6, 6.07) is 0. The van der Waals surface area contributed by atoms with Crippen LogP contribution in [-0.2, 0) is 19.1 Å². The first-order valence-electron chi connectivity index (χ1n) is 16.1. The summed E-state index contributed by atoms with van der Waals surface area (Å²) in [7, 11) is 0. The van der Waals surface area contributed by atoms with Crippen molar-refractivity contribution in [2.75, 3.05) is 6.61 Å². The molecule has 5 saturated carbocycles. The van der Waals surface area contributed by atoms with Crippen molar-refractivity contribution in [1.29, 1.82) is 0 Å². The number of carboxylic acids is 1. The van der Waals surface area contributed by atoms with Crippen LogP contribution in [0.1, 0.15) is 126 Å². The molecule has 0 aromatic carbocycles. The highest BCUT2D eigenvalue weighted by Gasteiger charge is 2.72. The zero-order valence-electron chi connectivity index (χ0n) is 25.7. The lowest BCUT2D eigenvalue weighted by atomic mass is 9.31. The van der Waals surface area contributed by atoms with E-state index in [1.165, 1.54) is 51.4 Å². The molecule has 1 N–H and O–H groups in total. The smallest absolute Gasteiger partial charge is 0.306 e. The van der Waals surface area contributed by atoms with Gasteiger partial charge in [-0.1, -0.05) is 48.5 Å². The van der Waals surface area contributed by atoms with Gasteiger partial charge in [-0.15, -0.1) is 0 Å². The molecule has 220 valence electrons. The Bertz CT molecular complexity index is 1030. The molecule has 0 aromatic rings. The molecule has 1 saturated heterocycles. The maximum absolute atomic E-state index is 12.5. The van der Waals surface area contributed by atoms with Crippen molar-refractivity contribution >= 4 is 11.9 Å². The second-order valence-electron chi connectivity index (χ2n) is 17.0. The Labute approximate surface area is 236 Å². The number of carbonyl (C=O) groups is 2. The zero-order chi connectivity index (χ0) is 28.2. The van der Waals surface area contributed by atoms with Gasteiger partial charge in [-0.25, -0.2) is 0 Å². The van der Waals surface area contributed by atoms with Crippen molar-refractivity contribution in [3.63, 3.8) is 0 Å². The van der Waals surface area contributed by atoms with Crippen LogP contribution < -0.4 is 0 Å². The summed E-state index contributed by atoms with van der Waals surface area (Å²) >= 11 is 0. The van der Waals surface area contributed by atoms with Crippen LogP contribution in [0.25, 0.3) is 0 Å². The molecule has 0 spiro atoms. The Morgan fingerprint density at radius 2 is 1.51 bits per heavy atom. The fourth-order valence-corrected chi connectivity index (χ4v) is 12.6. The van der Waals surface area contributed by atoms with E-state index in [-0.39, 0.29) is 41.2 Å². The molecule has 5 aliphatic carbocycles. The number of ether oxygens (including phenoxy) is 2. The Morgan fingerprint density at radius 3 is 2.23 bits per heavy atom. The zero-order valence-corrected chi connectivity index (χ0v) is 25.7. The SMILES string of the molecule is CC1(C)CC[C@@]23CC[C@]4(C)[C@H](CC[C@@H]5[C@@]6(C)CC[C@H](OC(=O)CCC(=O)O)C(C)(C)[C@@H]6CC[C@]54C)[C@@H]2[C@H]1OC3. The first-order valence-corrected chi connectivity index (χ1v) is 16.1. The van der Waals surface area contributed by atoms with Gasteiger partial charge < -0.3 is 14.6 Å². The Balaban J connectivity index is 1.27. The number of aliphatic carboxylic acids is 1. The number of rotatable bonds is 4. The van der Waals surface area contributed by atoms with Gasteiger partial charge in [0, 0.05) is 5.41 Å². The predicted octanol–water partition coefficient (Wildman–Crippen LogP) is 7.65. The Hall–Kier alpha value is -1.10. The molecule has 0 radical (unpaired) electrons. The predicted molar refractivity (Wildman–Crippen MR) is 151 cm³/mol. The third-order valence-electron chi connectivity index (χ3n) is 14.9. The quantitative estimate of drug-likeness (QED) is 0.369. The number of carboxylic acid groups (broad SMARTS) is 1. The summed E-state index contributed by atoms with van der Waals surface area (Å²) in [5.41, 5.74) is 1.52. The number of fused-ring (bicyclic) bond motifs is 5. The highest BCUT2D eigenvalue weighted by molar-refractivity contribution is 5.76. The second-order valence-corrected chi connectivity index (χ2v) is 17.0. The molecule has 39 heavy (non-hydrogen) atoms. The van der Waals surface area contributed by atoms with Gasteiger partial charge in [0.25, 0.3) is 0 Å². The molecule has 10 atom stereocenters. The lowest BCUT2D eigenvalue weighted by Crippen LogP contribution is -2.67. The van der Waals surface area contributed by atoms with E-state index in [9.17, 15) is 9.59 Å². The lowest BCUT2D eigenvalue weighted by Gasteiger charge is -2.73. The fourth-order valence-electron chi connectivity index (χ4n) is 12.6. The van der Waals surface area contributed by atoms with Crippen LogP contribution in [0.5, 0.6) is 0 Å². The molecule has 5 nitrogen and oxygen atoms in total. The number of esters is 1. The minimum atomic E-state index is -0.942. The Morgan fingerprint density at radius 1 is 0.795 bits per heavy atom. The van der Waals surface area contributed by atoms with E-state index in [4.69, 9.17) is 14.6 Å². The van der Waals surface area contributed by atoms with Gasteiger partial charge in [0.2, 0.25) is 0 Å². The molecule has 0 unspecified atom stereocenters. The van der Waals surface area contributed by atoms with Crippen LogP contribution in [0.4, 0.5) is 0 Å². The molecule has 5 heteroatoms. The van der Waals surface area contributed by atoms with Crippen LogP contribution >= 0.6 is 0 Å². The third-order valence-corrected chi connectivity index (χ3v) is 14.9. The minimum absolute atomic E-state index is 0.0333. The highest BCUT2D eigenvalue weighted by atomic mass is 16.5. The first-order chi connectivity index (χ1) is 18.1. The lowest BCUT2D eigenvalue weighted by molar-refractivity contribution is -0.254. The molecule has 6 fully saturated rings. The number of carbonyl (C=O) groups excluding carboxylic acids is 1. The van der Waals surface area contributed by atoms with E-state index in [1.54, 1.807) is 0 Å². The average molecular weight is 543 g/mol. The van der Waals surface area contributed by atoms with E-state index in [0.717, 1.165) is 31.3 Å². The number of hydrogen-bond donors (Lipinski definition) is 1. The van der Waals surface area contributed by atoms with Crippen molar-refractivity contribution < 1.29 is 24.2 Å². The first kappa shape index (κ1) is 28.0. The van der Waals surface area contributed by atoms with Gasteiger partial charge in [0.1, 0.15) is 6.10 Å². The summed E-state index contributed by atoms with van der Waals surface area (Å²) in [5, 5.41) is 9.00. The minimum Gasteiger partial charge on any atom is -0.481 e. The standard InChI is InChI=1S/C34H54O5/c1-29(2)16-18-34-19-17-32(6)21(27(34)28(29)38-20-34)8-9-23-31(5)14-13-24(39-26(37)11-10-25(35)36)30(3,4)22(31)12-15-33(23,32)7/h21-24,27-28H,8-20H2,1-7H3,(H,35,36)/t21-,22+,23-,24+,27-,28-,31+,32-,33-,34+/m1/s1. The van der Waals surface area contributed by atoms with Crippen molar-refractivity contribution in [3.8, 4) is 0 Å². The molecule has 2 bridgehead atoms. The second kappa shape index (κ2) is 8.71. The van der Waals surface area contributed by atoms with Crippen LogP contribution in [-0.4, -0.2) is 35.9 Å². The number of hydrogen-bond acceptors (Lipinski definition) is 4. The molecule has 1 heterocycles. The summed E-state index contributed by atoms with van der Waals surface area (Å²) in [6.07, 6.45) is 12.6. The van der Waals surface area contributed by atoms with Crippen LogP contribution in [0.3, 0.4) is 0 Å². The van der Waals surface area contributed by atoms with Gasteiger partial charge in [0.15, 0.2) is 0 Å². The summed E-state index contributed by atoms with van der Waals surface area (Å²) < 4.78 is 12.7. The van der Waals surface area contributed by atoms with Crippen LogP contribution in [0, 0.1) is 56.2 Å². The largest absolute Gasteiger partial charge is 0.481 e. The van der Waals surface area contributed by atoms with Crippen molar-refractivity contribution in [3.05, 3.63) is 0 Å². The van der Waals surface area contributed by atoms with E-state index in [2.05, 4.69) is 48.5 Å². The van der Waals surface area contributed by atoms with E-state index in [1.807, 2.05) is 0 Å². The monoisotopic (exact) mass is 542 g/mol. The molecule has 1 aliphatic heterocycles. The normalized spacial score (nSPS) is 51.1.